The second-order valence-electron chi connectivity index (χ2n) is 6.83. The fourth-order valence-corrected chi connectivity index (χ4v) is 3.39. The van der Waals surface area contributed by atoms with E-state index < -0.39 is 10.9 Å². The molecule has 2 aromatic carbocycles. The molecular weight excluding hydrogens is 374 g/mol. The number of nitro groups is 1. The molecule has 1 saturated heterocycles. The van der Waals surface area contributed by atoms with Crippen LogP contribution in [0.3, 0.4) is 0 Å². The van der Waals surface area contributed by atoms with Gasteiger partial charge in [0.25, 0.3) is 11.6 Å². The van der Waals surface area contributed by atoms with Crippen LogP contribution in [-0.4, -0.2) is 54.5 Å². The number of rotatable bonds is 5. The first-order chi connectivity index (χ1) is 13.9. The smallest absolute Gasteiger partial charge is 0.338 e. The Kier molecular flexibility index (Phi) is 6.11. The fourth-order valence-electron chi connectivity index (χ4n) is 3.39. The van der Waals surface area contributed by atoms with Gasteiger partial charge in [-0.15, -0.1) is 0 Å². The van der Waals surface area contributed by atoms with Crippen LogP contribution in [0.4, 0.5) is 11.4 Å². The Morgan fingerprint density at radius 2 is 1.79 bits per heavy atom. The van der Waals surface area contributed by atoms with Crippen LogP contribution < -0.4 is 4.90 Å². The van der Waals surface area contributed by atoms with Crippen LogP contribution in [0, 0.1) is 17.0 Å². The fraction of sp³-hybridized carbons (Fsp3) is 0.333. The molecular formula is C21H23N3O5. The van der Waals surface area contributed by atoms with Gasteiger partial charge in [0, 0.05) is 37.8 Å². The summed E-state index contributed by atoms with van der Waals surface area (Å²) in [5.74, 6) is -0.628. The van der Waals surface area contributed by atoms with Gasteiger partial charge in [0.15, 0.2) is 0 Å². The third-order valence-corrected chi connectivity index (χ3v) is 4.86. The number of hydrogen-bond acceptors (Lipinski definition) is 6. The molecule has 0 N–H and O–H groups in total. The summed E-state index contributed by atoms with van der Waals surface area (Å²) in [5.41, 5.74) is 2.10. The van der Waals surface area contributed by atoms with Crippen molar-refractivity contribution in [1.82, 2.24) is 4.90 Å². The first-order valence-electron chi connectivity index (χ1n) is 9.47. The van der Waals surface area contributed by atoms with Crippen LogP contribution in [-0.2, 0) is 4.74 Å². The van der Waals surface area contributed by atoms with Crippen molar-refractivity contribution in [3.63, 3.8) is 0 Å². The zero-order valence-corrected chi connectivity index (χ0v) is 16.5. The minimum absolute atomic E-state index is 0.0412. The van der Waals surface area contributed by atoms with Crippen molar-refractivity contribution in [1.29, 1.82) is 0 Å². The Bertz CT molecular complexity index is 936. The molecule has 0 saturated carbocycles. The van der Waals surface area contributed by atoms with E-state index in [1.54, 1.807) is 24.0 Å². The molecule has 0 spiro atoms. The second kappa shape index (κ2) is 8.72. The molecule has 29 heavy (non-hydrogen) atoms. The number of hydrogen-bond donors (Lipinski definition) is 0. The highest BCUT2D eigenvalue weighted by atomic mass is 16.6. The number of carbonyl (C=O) groups is 2. The van der Waals surface area contributed by atoms with E-state index >= 15 is 0 Å². The molecule has 1 aliphatic rings. The lowest BCUT2D eigenvalue weighted by molar-refractivity contribution is -0.384. The number of ether oxygens (including phenoxy) is 1. The van der Waals surface area contributed by atoms with Gasteiger partial charge in [-0.25, -0.2) is 4.79 Å². The van der Waals surface area contributed by atoms with Gasteiger partial charge in [-0.1, -0.05) is 17.7 Å². The SMILES string of the molecule is CCOC(=O)c1ccc(N2CCN(C(=O)c3cccc(C)c3)CC2)c([N+](=O)[O-])c1. The molecule has 1 aliphatic heterocycles. The topological polar surface area (TPSA) is 93.0 Å². The minimum Gasteiger partial charge on any atom is -0.462 e. The summed E-state index contributed by atoms with van der Waals surface area (Å²) in [4.78, 5) is 39.3. The maximum atomic E-state index is 12.7. The molecule has 0 radical (unpaired) electrons. The van der Waals surface area contributed by atoms with Crippen molar-refractivity contribution in [2.75, 3.05) is 37.7 Å². The molecule has 1 fully saturated rings. The molecule has 0 atom stereocenters. The number of nitro benzene ring substituents is 1. The molecule has 0 bridgehead atoms. The number of carbonyl (C=O) groups excluding carboxylic acids is 2. The van der Waals surface area contributed by atoms with Crippen LogP contribution >= 0.6 is 0 Å². The number of aryl methyl sites for hydroxylation is 1. The zero-order chi connectivity index (χ0) is 21.0. The summed E-state index contributed by atoms with van der Waals surface area (Å²) in [5, 5.41) is 11.5. The van der Waals surface area contributed by atoms with Crippen molar-refractivity contribution < 1.29 is 19.2 Å². The Hall–Kier alpha value is -3.42. The Labute approximate surface area is 168 Å². The van der Waals surface area contributed by atoms with E-state index in [9.17, 15) is 19.7 Å². The van der Waals surface area contributed by atoms with Crippen LogP contribution in [0.2, 0.25) is 0 Å². The number of benzene rings is 2. The van der Waals surface area contributed by atoms with Gasteiger partial charge in [-0.3, -0.25) is 14.9 Å². The third-order valence-electron chi connectivity index (χ3n) is 4.86. The van der Waals surface area contributed by atoms with Crippen molar-refractivity contribution in [2.24, 2.45) is 0 Å². The summed E-state index contributed by atoms with van der Waals surface area (Å²) >= 11 is 0. The molecule has 3 rings (SSSR count). The molecule has 8 nitrogen and oxygen atoms in total. The van der Waals surface area contributed by atoms with E-state index in [1.165, 1.54) is 12.1 Å². The monoisotopic (exact) mass is 397 g/mol. The lowest BCUT2D eigenvalue weighted by atomic mass is 10.1. The van der Waals surface area contributed by atoms with E-state index in [-0.39, 0.29) is 23.8 Å². The van der Waals surface area contributed by atoms with E-state index in [1.807, 2.05) is 30.0 Å². The Morgan fingerprint density at radius 1 is 1.07 bits per heavy atom. The van der Waals surface area contributed by atoms with E-state index in [0.717, 1.165) is 5.56 Å². The number of amides is 1. The first-order valence-corrected chi connectivity index (χ1v) is 9.47. The van der Waals surface area contributed by atoms with Crippen molar-refractivity contribution >= 4 is 23.3 Å². The predicted octanol–water partition coefficient (Wildman–Crippen LogP) is 3.04. The van der Waals surface area contributed by atoms with Crippen LogP contribution in [0.15, 0.2) is 42.5 Å². The van der Waals surface area contributed by atoms with Gasteiger partial charge in [0.1, 0.15) is 5.69 Å². The Balaban J connectivity index is 1.74. The predicted molar refractivity (Wildman–Crippen MR) is 108 cm³/mol. The lowest BCUT2D eigenvalue weighted by Gasteiger charge is -2.36. The minimum atomic E-state index is -0.587. The summed E-state index contributed by atoms with van der Waals surface area (Å²) in [7, 11) is 0. The highest BCUT2D eigenvalue weighted by Gasteiger charge is 2.27. The summed E-state index contributed by atoms with van der Waals surface area (Å²) in [6.45, 7) is 5.68. The van der Waals surface area contributed by atoms with Gasteiger partial charge < -0.3 is 14.5 Å². The normalized spacial score (nSPS) is 13.9. The lowest BCUT2D eigenvalue weighted by Crippen LogP contribution is -2.49. The van der Waals surface area contributed by atoms with Gasteiger partial charge in [0.05, 0.1) is 17.1 Å². The summed E-state index contributed by atoms with van der Waals surface area (Å²) in [6, 6.07) is 11.8. The van der Waals surface area contributed by atoms with Crippen LogP contribution in [0.5, 0.6) is 0 Å². The number of esters is 1. The average molecular weight is 397 g/mol. The van der Waals surface area contributed by atoms with E-state index in [0.29, 0.717) is 37.4 Å². The molecule has 0 aliphatic carbocycles. The van der Waals surface area contributed by atoms with E-state index in [4.69, 9.17) is 4.74 Å². The van der Waals surface area contributed by atoms with Gasteiger partial charge in [-0.05, 0) is 38.1 Å². The van der Waals surface area contributed by atoms with Gasteiger partial charge >= 0.3 is 5.97 Å². The second-order valence-corrected chi connectivity index (χ2v) is 6.83. The zero-order valence-electron chi connectivity index (χ0n) is 16.5. The van der Waals surface area contributed by atoms with Gasteiger partial charge in [-0.2, -0.15) is 0 Å². The molecule has 0 unspecified atom stereocenters. The molecule has 1 heterocycles. The highest BCUT2D eigenvalue weighted by Crippen LogP contribution is 2.30. The maximum Gasteiger partial charge on any atom is 0.338 e. The summed E-state index contributed by atoms with van der Waals surface area (Å²) in [6.07, 6.45) is 0. The number of nitrogens with zero attached hydrogens (tertiary/aromatic N) is 3. The third kappa shape index (κ3) is 4.53. The van der Waals surface area contributed by atoms with Crippen molar-refractivity contribution in [2.45, 2.75) is 13.8 Å². The summed E-state index contributed by atoms with van der Waals surface area (Å²) < 4.78 is 4.92. The molecule has 0 aromatic heterocycles. The Morgan fingerprint density at radius 3 is 2.41 bits per heavy atom. The quantitative estimate of drug-likeness (QED) is 0.437. The highest BCUT2D eigenvalue weighted by molar-refractivity contribution is 5.94. The van der Waals surface area contributed by atoms with Crippen molar-refractivity contribution in [3.05, 3.63) is 69.3 Å². The first kappa shape index (κ1) is 20.3. The number of anilines is 1. The van der Waals surface area contributed by atoms with Crippen LogP contribution in [0.1, 0.15) is 33.2 Å². The molecule has 152 valence electrons. The number of piperazine rings is 1. The molecule has 8 heteroatoms. The van der Waals surface area contributed by atoms with Crippen molar-refractivity contribution in [3.8, 4) is 0 Å². The average Bonchev–Trinajstić information content (AvgIpc) is 2.73. The standard InChI is InChI=1S/C21H23N3O5/c1-3-29-21(26)17-7-8-18(19(14-17)24(27)28)22-9-11-23(12-10-22)20(25)16-6-4-5-15(2)13-16/h4-8,13-14H,3,9-12H2,1-2H3. The molecule has 2 aromatic rings. The van der Waals surface area contributed by atoms with E-state index in [2.05, 4.69) is 0 Å². The maximum absolute atomic E-state index is 12.7. The molecule has 1 amide bonds. The van der Waals surface area contributed by atoms with Gasteiger partial charge in [0.2, 0.25) is 0 Å². The van der Waals surface area contributed by atoms with Crippen LogP contribution in [0.25, 0.3) is 0 Å². The largest absolute Gasteiger partial charge is 0.462 e.